The van der Waals surface area contributed by atoms with Gasteiger partial charge in [-0.3, -0.25) is 0 Å². The normalized spacial score (nSPS) is 13.9. The first-order valence-electron chi connectivity index (χ1n) is 6.47. The van der Waals surface area contributed by atoms with Crippen molar-refractivity contribution in [2.24, 2.45) is 0 Å². The summed E-state index contributed by atoms with van der Waals surface area (Å²) in [6.07, 6.45) is -3.02. The van der Waals surface area contributed by atoms with E-state index in [-0.39, 0.29) is 0 Å². The molecular formula is C16H16F3N. The van der Waals surface area contributed by atoms with E-state index in [1.165, 1.54) is 29.7 Å². The number of nitrogens with one attached hydrogen (secondary N) is 1. The highest BCUT2D eigenvalue weighted by Crippen LogP contribution is 2.28. The first kappa shape index (κ1) is 14.6. The van der Waals surface area contributed by atoms with Crippen molar-refractivity contribution in [2.75, 3.05) is 6.54 Å². The second-order valence-electron chi connectivity index (χ2n) is 4.56. The van der Waals surface area contributed by atoms with Gasteiger partial charge in [0.2, 0.25) is 0 Å². The largest absolute Gasteiger partial charge is 0.416 e. The molecule has 0 spiro atoms. The summed E-state index contributed by atoms with van der Waals surface area (Å²) in [5.41, 5.74) is 2.38. The van der Waals surface area contributed by atoms with E-state index in [4.69, 9.17) is 0 Å². The summed E-state index contributed by atoms with van der Waals surface area (Å²) in [7, 11) is 0. The van der Waals surface area contributed by atoms with Gasteiger partial charge in [-0.1, -0.05) is 54.6 Å². The van der Waals surface area contributed by atoms with Crippen LogP contribution < -0.4 is 5.32 Å². The van der Waals surface area contributed by atoms with E-state index in [1.54, 1.807) is 6.07 Å². The van der Waals surface area contributed by atoms with E-state index < -0.39 is 11.7 Å². The molecular weight excluding hydrogens is 263 g/mol. The predicted molar refractivity (Wildman–Crippen MR) is 73.3 cm³/mol. The zero-order valence-corrected chi connectivity index (χ0v) is 11.0. The van der Waals surface area contributed by atoms with Gasteiger partial charge >= 0.3 is 6.18 Å². The number of rotatable bonds is 0. The Hall–Kier alpha value is -1.81. The van der Waals surface area contributed by atoms with E-state index in [0.717, 1.165) is 25.2 Å². The number of benzene rings is 2. The van der Waals surface area contributed by atoms with Gasteiger partial charge in [-0.25, -0.2) is 0 Å². The molecule has 0 saturated heterocycles. The van der Waals surface area contributed by atoms with Gasteiger partial charge in [0.1, 0.15) is 0 Å². The van der Waals surface area contributed by atoms with Crippen LogP contribution >= 0.6 is 0 Å². The smallest absolute Gasteiger partial charge is 0.312 e. The van der Waals surface area contributed by atoms with Crippen LogP contribution in [0.4, 0.5) is 13.2 Å². The third-order valence-electron chi connectivity index (χ3n) is 3.11. The Kier molecular flexibility index (Phi) is 4.79. The average molecular weight is 279 g/mol. The van der Waals surface area contributed by atoms with Gasteiger partial charge in [-0.05, 0) is 24.1 Å². The van der Waals surface area contributed by atoms with Crippen molar-refractivity contribution in [3.8, 4) is 0 Å². The van der Waals surface area contributed by atoms with E-state index in [2.05, 4.69) is 29.6 Å². The highest BCUT2D eigenvalue weighted by atomic mass is 19.4. The van der Waals surface area contributed by atoms with Crippen molar-refractivity contribution in [1.29, 1.82) is 0 Å². The Morgan fingerprint density at radius 2 is 1.40 bits per heavy atom. The molecule has 106 valence electrons. The van der Waals surface area contributed by atoms with Crippen LogP contribution in [0.1, 0.15) is 16.7 Å². The van der Waals surface area contributed by atoms with Gasteiger partial charge in [0.25, 0.3) is 0 Å². The third-order valence-corrected chi connectivity index (χ3v) is 3.11. The maximum Gasteiger partial charge on any atom is 0.416 e. The van der Waals surface area contributed by atoms with Crippen LogP contribution in [0.15, 0.2) is 54.6 Å². The molecule has 0 unspecified atom stereocenters. The lowest BCUT2D eigenvalue weighted by Crippen LogP contribution is -2.23. The zero-order valence-electron chi connectivity index (χ0n) is 11.0. The first-order chi connectivity index (χ1) is 9.57. The van der Waals surface area contributed by atoms with Crippen molar-refractivity contribution in [2.45, 2.75) is 19.1 Å². The van der Waals surface area contributed by atoms with Crippen LogP contribution in [0.5, 0.6) is 0 Å². The van der Waals surface area contributed by atoms with Crippen LogP contribution in [-0.2, 0) is 19.1 Å². The number of fused-ring (bicyclic) bond motifs is 1. The Bertz CT molecular complexity index is 510. The van der Waals surface area contributed by atoms with Crippen LogP contribution in [0.3, 0.4) is 0 Å². The van der Waals surface area contributed by atoms with Gasteiger partial charge in [-0.2, -0.15) is 13.2 Å². The Morgan fingerprint density at radius 1 is 0.800 bits per heavy atom. The zero-order chi connectivity index (χ0) is 14.4. The fraction of sp³-hybridized carbons (Fsp3) is 0.250. The van der Waals surface area contributed by atoms with Crippen molar-refractivity contribution in [1.82, 2.24) is 5.32 Å². The number of halogens is 3. The van der Waals surface area contributed by atoms with Crippen molar-refractivity contribution in [3.63, 3.8) is 0 Å². The molecule has 0 aromatic heterocycles. The Balaban J connectivity index is 0.000000147. The maximum absolute atomic E-state index is 11.8. The van der Waals surface area contributed by atoms with Crippen molar-refractivity contribution in [3.05, 3.63) is 71.3 Å². The molecule has 0 saturated carbocycles. The summed E-state index contributed by atoms with van der Waals surface area (Å²) in [4.78, 5) is 0. The van der Waals surface area contributed by atoms with Gasteiger partial charge < -0.3 is 5.32 Å². The summed E-state index contributed by atoms with van der Waals surface area (Å²) in [5, 5.41) is 3.34. The SMILES string of the molecule is FC(F)(F)c1ccccc1.c1ccc2c(c1)CCNC2. The second kappa shape index (κ2) is 6.57. The van der Waals surface area contributed by atoms with Gasteiger partial charge in [-0.15, -0.1) is 0 Å². The van der Waals surface area contributed by atoms with Gasteiger partial charge in [0, 0.05) is 6.54 Å². The fourth-order valence-corrected chi connectivity index (χ4v) is 2.05. The van der Waals surface area contributed by atoms with Gasteiger partial charge in [0.15, 0.2) is 0 Å². The van der Waals surface area contributed by atoms with E-state index in [0.29, 0.717) is 0 Å². The topological polar surface area (TPSA) is 12.0 Å². The molecule has 1 heterocycles. The standard InChI is InChI=1S/C9H11N.C7H5F3/c1-2-4-9-7-10-6-5-8(9)3-1;8-7(9,10)6-4-2-1-3-5-6/h1-4,10H,5-7H2;1-5H. The predicted octanol–water partition coefficient (Wildman–Crippen LogP) is 4.04. The molecule has 0 fully saturated rings. The summed E-state index contributed by atoms with van der Waals surface area (Å²) in [6, 6.07) is 15.0. The molecule has 0 amide bonds. The minimum Gasteiger partial charge on any atom is -0.312 e. The highest BCUT2D eigenvalue weighted by molar-refractivity contribution is 5.28. The Labute approximate surface area is 116 Å². The molecule has 0 aliphatic carbocycles. The van der Waals surface area contributed by atoms with Crippen molar-refractivity contribution < 1.29 is 13.2 Å². The minimum absolute atomic E-state index is 0.602. The third kappa shape index (κ3) is 4.10. The molecule has 1 N–H and O–H groups in total. The lowest BCUT2D eigenvalue weighted by atomic mass is 10.0. The summed E-state index contributed by atoms with van der Waals surface area (Å²) < 4.78 is 35.4. The molecule has 1 aliphatic heterocycles. The number of hydrogen-bond acceptors (Lipinski definition) is 1. The van der Waals surface area contributed by atoms with E-state index in [9.17, 15) is 13.2 Å². The molecule has 4 heteroatoms. The maximum atomic E-state index is 11.8. The molecule has 1 aliphatic rings. The lowest BCUT2D eigenvalue weighted by molar-refractivity contribution is -0.137. The molecule has 0 bridgehead atoms. The highest BCUT2D eigenvalue weighted by Gasteiger charge is 2.29. The first-order valence-corrected chi connectivity index (χ1v) is 6.47. The Morgan fingerprint density at radius 3 is 1.95 bits per heavy atom. The second-order valence-corrected chi connectivity index (χ2v) is 4.56. The van der Waals surface area contributed by atoms with E-state index >= 15 is 0 Å². The number of alkyl halides is 3. The van der Waals surface area contributed by atoms with Crippen LogP contribution in [0, 0.1) is 0 Å². The van der Waals surface area contributed by atoms with Crippen molar-refractivity contribution >= 4 is 0 Å². The van der Waals surface area contributed by atoms with Crippen LogP contribution in [0.25, 0.3) is 0 Å². The molecule has 0 radical (unpaired) electrons. The average Bonchev–Trinajstić information content (AvgIpc) is 2.48. The molecule has 20 heavy (non-hydrogen) atoms. The molecule has 0 atom stereocenters. The molecule has 2 aromatic carbocycles. The minimum atomic E-state index is -4.21. The molecule has 1 nitrogen and oxygen atoms in total. The van der Waals surface area contributed by atoms with Crippen LogP contribution in [-0.4, -0.2) is 6.54 Å². The molecule has 2 aromatic rings. The fourth-order valence-electron chi connectivity index (χ4n) is 2.05. The van der Waals surface area contributed by atoms with Crippen LogP contribution in [0.2, 0.25) is 0 Å². The monoisotopic (exact) mass is 279 g/mol. The quantitative estimate of drug-likeness (QED) is 0.767. The number of hydrogen-bond donors (Lipinski definition) is 1. The van der Waals surface area contributed by atoms with E-state index in [1.807, 2.05) is 0 Å². The summed E-state index contributed by atoms with van der Waals surface area (Å²) >= 11 is 0. The molecule has 3 rings (SSSR count). The summed E-state index contributed by atoms with van der Waals surface area (Å²) in [5.74, 6) is 0. The lowest BCUT2D eigenvalue weighted by Gasteiger charge is -2.15. The summed E-state index contributed by atoms with van der Waals surface area (Å²) in [6.45, 7) is 2.19. The van der Waals surface area contributed by atoms with Gasteiger partial charge in [0.05, 0.1) is 5.56 Å².